The highest BCUT2D eigenvalue weighted by atomic mass is 79.9. The lowest BCUT2D eigenvalue weighted by molar-refractivity contribution is -0.121. The normalized spacial score (nSPS) is 10.8. The minimum atomic E-state index is -0.290. The van der Waals surface area contributed by atoms with Crippen molar-refractivity contribution in [2.75, 3.05) is 0 Å². The van der Waals surface area contributed by atoms with Crippen LogP contribution in [-0.2, 0) is 17.9 Å². The average Bonchev–Trinajstić information content (AvgIpc) is 3.26. The molecule has 0 saturated heterocycles. The van der Waals surface area contributed by atoms with Crippen LogP contribution in [0.1, 0.15) is 11.1 Å². The van der Waals surface area contributed by atoms with Crippen molar-refractivity contribution in [3.8, 4) is 22.8 Å². The molecule has 1 amide bonds. The number of rotatable bonds is 6. The predicted molar refractivity (Wildman–Crippen MR) is 120 cm³/mol. The summed E-state index contributed by atoms with van der Waals surface area (Å²) in [7, 11) is 0. The van der Waals surface area contributed by atoms with Gasteiger partial charge in [0.2, 0.25) is 11.7 Å². The van der Waals surface area contributed by atoms with Gasteiger partial charge in [-0.2, -0.15) is 4.98 Å². The fourth-order valence-corrected chi connectivity index (χ4v) is 3.22. The molecule has 4 aromatic rings. The van der Waals surface area contributed by atoms with E-state index >= 15 is 0 Å². The van der Waals surface area contributed by atoms with Crippen LogP contribution >= 0.6 is 15.9 Å². The minimum Gasteiger partial charge on any atom is -0.350 e. The zero-order valence-corrected chi connectivity index (χ0v) is 18.3. The molecule has 1 N–H and O–H groups in total. The van der Waals surface area contributed by atoms with E-state index in [9.17, 15) is 9.59 Å². The summed E-state index contributed by atoms with van der Waals surface area (Å²) in [6.07, 6.45) is 1.55. The van der Waals surface area contributed by atoms with Crippen LogP contribution in [0.3, 0.4) is 0 Å². The van der Waals surface area contributed by atoms with Gasteiger partial charge in [0.1, 0.15) is 6.54 Å². The number of nitrogens with zero attached hydrogens (tertiary/aromatic N) is 3. The van der Waals surface area contributed by atoms with Gasteiger partial charge < -0.3 is 14.4 Å². The molecule has 4 rings (SSSR count). The number of hydrogen-bond donors (Lipinski definition) is 1. The Morgan fingerprint density at radius 2 is 1.74 bits per heavy atom. The van der Waals surface area contributed by atoms with Crippen molar-refractivity contribution >= 4 is 21.8 Å². The lowest BCUT2D eigenvalue weighted by Gasteiger charge is -2.08. The summed E-state index contributed by atoms with van der Waals surface area (Å²) in [4.78, 5) is 29.0. The first-order chi connectivity index (χ1) is 15.0. The van der Waals surface area contributed by atoms with Crippen LogP contribution in [0.5, 0.6) is 0 Å². The maximum absolute atomic E-state index is 12.3. The minimum absolute atomic E-state index is 0.105. The van der Waals surface area contributed by atoms with E-state index in [1.54, 1.807) is 12.3 Å². The Balaban J connectivity index is 1.47. The van der Waals surface area contributed by atoms with E-state index < -0.39 is 0 Å². The summed E-state index contributed by atoms with van der Waals surface area (Å²) in [6, 6.07) is 18.4. The quantitative estimate of drug-likeness (QED) is 0.453. The van der Waals surface area contributed by atoms with Crippen LogP contribution < -0.4 is 10.9 Å². The van der Waals surface area contributed by atoms with E-state index in [2.05, 4.69) is 31.4 Å². The van der Waals surface area contributed by atoms with Gasteiger partial charge in [-0.05, 0) is 42.8 Å². The van der Waals surface area contributed by atoms with Crippen molar-refractivity contribution in [2.45, 2.75) is 20.0 Å². The van der Waals surface area contributed by atoms with E-state index in [0.29, 0.717) is 17.9 Å². The largest absolute Gasteiger partial charge is 0.350 e. The van der Waals surface area contributed by atoms with Gasteiger partial charge in [0.05, 0.1) is 5.56 Å². The molecule has 0 aliphatic rings. The van der Waals surface area contributed by atoms with Crippen LogP contribution in [0.15, 0.2) is 80.7 Å². The molecule has 2 aromatic heterocycles. The molecule has 31 heavy (non-hydrogen) atoms. The number of aryl methyl sites for hydroxylation is 1. The third-order valence-corrected chi connectivity index (χ3v) is 5.21. The van der Waals surface area contributed by atoms with Gasteiger partial charge in [0.15, 0.2) is 0 Å². The first-order valence-corrected chi connectivity index (χ1v) is 10.4. The van der Waals surface area contributed by atoms with Crippen molar-refractivity contribution in [1.29, 1.82) is 0 Å². The molecular weight excluding hydrogens is 460 g/mol. The molecule has 0 radical (unpaired) electrons. The van der Waals surface area contributed by atoms with Gasteiger partial charge in [-0.25, -0.2) is 0 Å². The van der Waals surface area contributed by atoms with Gasteiger partial charge in [-0.1, -0.05) is 50.9 Å². The second-order valence-corrected chi connectivity index (χ2v) is 7.99. The van der Waals surface area contributed by atoms with E-state index in [0.717, 1.165) is 21.2 Å². The molecule has 156 valence electrons. The summed E-state index contributed by atoms with van der Waals surface area (Å²) in [5.41, 5.74) is 3.22. The highest BCUT2D eigenvalue weighted by molar-refractivity contribution is 9.10. The number of pyridine rings is 1. The number of amides is 1. The SMILES string of the molecule is Cc1ccc(CNC(=O)Cn2cc(-c3nc(-c4ccc(Br)cc4)no3)ccc2=O)cc1. The third-order valence-electron chi connectivity index (χ3n) is 4.68. The number of carbonyl (C=O) groups is 1. The Morgan fingerprint density at radius 1 is 1.03 bits per heavy atom. The summed E-state index contributed by atoms with van der Waals surface area (Å²) < 4.78 is 7.64. The summed E-state index contributed by atoms with van der Waals surface area (Å²) in [6.45, 7) is 2.30. The maximum atomic E-state index is 12.3. The molecule has 0 atom stereocenters. The summed E-state index contributed by atoms with van der Waals surface area (Å²) in [5, 5.41) is 6.84. The van der Waals surface area contributed by atoms with Crippen LogP contribution in [0.25, 0.3) is 22.8 Å². The molecule has 8 heteroatoms. The van der Waals surface area contributed by atoms with Crippen molar-refractivity contribution in [3.63, 3.8) is 0 Å². The summed E-state index contributed by atoms with van der Waals surface area (Å²) >= 11 is 3.39. The first-order valence-electron chi connectivity index (χ1n) is 9.61. The fourth-order valence-electron chi connectivity index (χ4n) is 2.96. The molecule has 0 bridgehead atoms. The van der Waals surface area contributed by atoms with Gasteiger partial charge in [-0.15, -0.1) is 0 Å². The molecule has 0 aliphatic heterocycles. The molecule has 7 nitrogen and oxygen atoms in total. The Kier molecular flexibility index (Phi) is 6.08. The van der Waals surface area contributed by atoms with Crippen LogP contribution in [-0.4, -0.2) is 20.6 Å². The molecule has 0 unspecified atom stereocenters. The molecule has 2 aromatic carbocycles. The van der Waals surface area contributed by atoms with Crippen molar-refractivity contribution < 1.29 is 9.32 Å². The molecule has 0 aliphatic carbocycles. The van der Waals surface area contributed by atoms with Crippen molar-refractivity contribution in [2.24, 2.45) is 0 Å². The van der Waals surface area contributed by atoms with Gasteiger partial charge in [0, 0.05) is 28.8 Å². The molecule has 0 spiro atoms. The zero-order valence-electron chi connectivity index (χ0n) is 16.7. The average molecular weight is 479 g/mol. The van der Waals surface area contributed by atoms with Crippen molar-refractivity contribution in [1.82, 2.24) is 20.0 Å². The van der Waals surface area contributed by atoms with Gasteiger partial charge in [0.25, 0.3) is 11.4 Å². The van der Waals surface area contributed by atoms with E-state index in [1.165, 1.54) is 10.6 Å². The predicted octanol–water partition coefficient (Wildman–Crippen LogP) is 3.95. The first kappa shape index (κ1) is 20.7. The molecule has 0 saturated carbocycles. The van der Waals surface area contributed by atoms with E-state index in [-0.39, 0.29) is 23.9 Å². The third kappa shape index (κ3) is 5.16. The number of aromatic nitrogens is 3. The topological polar surface area (TPSA) is 90.0 Å². The number of hydrogen-bond acceptors (Lipinski definition) is 5. The van der Waals surface area contributed by atoms with E-state index in [4.69, 9.17) is 4.52 Å². The lowest BCUT2D eigenvalue weighted by atomic mass is 10.1. The van der Waals surface area contributed by atoms with Crippen LogP contribution in [0.4, 0.5) is 0 Å². The Bertz CT molecular complexity index is 1260. The lowest BCUT2D eigenvalue weighted by Crippen LogP contribution is -2.31. The fraction of sp³-hybridized carbons (Fsp3) is 0.130. The van der Waals surface area contributed by atoms with E-state index in [1.807, 2.05) is 55.5 Å². The monoisotopic (exact) mass is 478 g/mol. The molecule has 0 fully saturated rings. The zero-order chi connectivity index (χ0) is 21.8. The van der Waals surface area contributed by atoms with Crippen LogP contribution in [0, 0.1) is 6.92 Å². The maximum Gasteiger partial charge on any atom is 0.259 e. The number of benzene rings is 2. The summed E-state index contributed by atoms with van der Waals surface area (Å²) in [5.74, 6) is 0.448. The Hall–Kier alpha value is -3.52. The van der Waals surface area contributed by atoms with Crippen molar-refractivity contribution in [3.05, 3.63) is 92.8 Å². The molecular formula is C23H19BrN4O3. The smallest absolute Gasteiger partial charge is 0.259 e. The number of halogens is 1. The number of nitrogens with one attached hydrogen (secondary N) is 1. The Morgan fingerprint density at radius 3 is 2.48 bits per heavy atom. The highest BCUT2D eigenvalue weighted by Crippen LogP contribution is 2.23. The van der Waals surface area contributed by atoms with Gasteiger partial charge >= 0.3 is 0 Å². The Labute approximate surface area is 186 Å². The van der Waals surface area contributed by atoms with Crippen LogP contribution in [0.2, 0.25) is 0 Å². The standard InChI is InChI=1S/C23H19BrN4O3/c1-15-2-4-16(5-3-15)12-25-20(29)14-28-13-18(8-11-21(28)30)23-26-22(27-31-23)17-6-9-19(24)10-7-17/h2-11,13H,12,14H2,1H3,(H,25,29). The second-order valence-electron chi connectivity index (χ2n) is 7.08. The molecule has 2 heterocycles. The van der Waals surface area contributed by atoms with Gasteiger partial charge in [-0.3, -0.25) is 9.59 Å². The second kappa shape index (κ2) is 9.09. The highest BCUT2D eigenvalue weighted by Gasteiger charge is 2.13. The number of carbonyl (C=O) groups excluding carboxylic acids is 1.